The second-order valence-corrected chi connectivity index (χ2v) is 6.32. The summed E-state index contributed by atoms with van der Waals surface area (Å²) in [5.41, 5.74) is 0.487. The zero-order chi connectivity index (χ0) is 14.0. The Morgan fingerprint density at radius 3 is 2.74 bits per heavy atom. The fourth-order valence-electron chi connectivity index (χ4n) is 1.44. The maximum atomic E-state index is 11.1. The van der Waals surface area contributed by atoms with Crippen LogP contribution in [0.1, 0.15) is 23.6 Å². The van der Waals surface area contributed by atoms with E-state index in [2.05, 4.69) is 10.2 Å². The first-order valence-corrected chi connectivity index (χ1v) is 7.05. The zero-order valence-corrected chi connectivity index (χ0v) is 11.9. The molecule has 2 rings (SSSR count). The Kier molecular flexibility index (Phi) is 4.13. The first-order chi connectivity index (χ1) is 8.97. The molecule has 0 spiro atoms. The van der Waals surface area contributed by atoms with Gasteiger partial charge in [0, 0.05) is 6.07 Å². The molecule has 0 aliphatic rings. The van der Waals surface area contributed by atoms with Crippen LogP contribution in [0.5, 0.6) is 0 Å². The monoisotopic (exact) mass is 297 g/mol. The number of hydrogen-bond acceptors (Lipinski definition) is 7. The lowest BCUT2D eigenvalue weighted by atomic mass is 10.1. The third kappa shape index (κ3) is 3.28. The number of hydrogen-bond donors (Lipinski definition) is 1. The summed E-state index contributed by atoms with van der Waals surface area (Å²) >= 11 is 2.59. The molecule has 1 heterocycles. The molecule has 0 bridgehead atoms. The van der Waals surface area contributed by atoms with Gasteiger partial charge in [0.15, 0.2) is 4.34 Å². The molecule has 100 valence electrons. The molecule has 19 heavy (non-hydrogen) atoms. The van der Waals surface area contributed by atoms with Crippen LogP contribution in [0.15, 0.2) is 27.4 Å². The molecule has 0 amide bonds. The average Bonchev–Trinajstić information content (AvgIpc) is 2.74. The summed E-state index contributed by atoms with van der Waals surface area (Å²) in [4.78, 5) is 11.1. The predicted molar refractivity (Wildman–Crippen MR) is 72.5 cm³/mol. The van der Waals surface area contributed by atoms with Crippen molar-refractivity contribution in [3.05, 3.63) is 38.9 Å². The average molecular weight is 297 g/mol. The van der Waals surface area contributed by atoms with E-state index in [0.717, 1.165) is 5.01 Å². The molecule has 0 aliphatic heterocycles. The lowest BCUT2D eigenvalue weighted by Gasteiger charge is -2.06. The number of nitro groups is 1. The number of nitrogens with zero attached hydrogens (tertiary/aromatic N) is 3. The molecule has 1 aromatic carbocycles. The normalized spacial score (nSPS) is 12.4. The number of aromatic nitrogens is 2. The molecule has 2 aromatic rings. The van der Waals surface area contributed by atoms with Crippen molar-refractivity contribution in [3.63, 3.8) is 0 Å². The second-order valence-electron chi connectivity index (χ2n) is 3.85. The summed E-state index contributed by atoms with van der Waals surface area (Å²) in [6, 6.07) is 4.69. The van der Waals surface area contributed by atoms with Crippen LogP contribution in [0.3, 0.4) is 0 Å². The van der Waals surface area contributed by atoms with Gasteiger partial charge in [-0.2, -0.15) is 0 Å². The summed E-state index contributed by atoms with van der Waals surface area (Å²) in [5, 5.41) is 29.1. The van der Waals surface area contributed by atoms with Crippen molar-refractivity contribution in [2.24, 2.45) is 0 Å². The molecule has 0 saturated heterocycles. The smallest absolute Gasteiger partial charge is 0.283 e. The summed E-state index contributed by atoms with van der Waals surface area (Å²) in [6.07, 6.45) is -0.735. The molecule has 0 aliphatic carbocycles. The summed E-state index contributed by atoms with van der Waals surface area (Å²) in [7, 11) is 0. The zero-order valence-electron chi connectivity index (χ0n) is 10.2. The fraction of sp³-hybridized carbons (Fsp3) is 0.273. The lowest BCUT2D eigenvalue weighted by molar-refractivity contribution is -0.387. The number of aliphatic hydroxyl groups is 1. The number of rotatable bonds is 4. The van der Waals surface area contributed by atoms with Crippen molar-refractivity contribution >= 4 is 28.8 Å². The second kappa shape index (κ2) is 5.64. The quantitative estimate of drug-likeness (QED) is 0.689. The molecular weight excluding hydrogens is 286 g/mol. The van der Waals surface area contributed by atoms with E-state index in [0.29, 0.717) is 14.8 Å². The molecule has 8 heteroatoms. The Bertz CT molecular complexity index is 613. The molecule has 1 unspecified atom stereocenters. The van der Waals surface area contributed by atoms with Crippen molar-refractivity contribution in [3.8, 4) is 0 Å². The van der Waals surface area contributed by atoms with Crippen LogP contribution in [-0.2, 0) is 0 Å². The van der Waals surface area contributed by atoms with Gasteiger partial charge >= 0.3 is 0 Å². The standard InChI is InChI=1S/C11H11N3O3S2/c1-6(15)8-3-4-10(9(5-8)14(16)17)19-11-13-12-7(2)18-11/h3-6,15H,1-2H3. The third-order valence-corrected chi connectivity index (χ3v) is 4.32. The molecule has 1 N–H and O–H groups in total. The van der Waals surface area contributed by atoms with Crippen molar-refractivity contribution in [1.82, 2.24) is 10.2 Å². The van der Waals surface area contributed by atoms with E-state index >= 15 is 0 Å². The van der Waals surface area contributed by atoms with Gasteiger partial charge in [0.1, 0.15) is 5.01 Å². The van der Waals surface area contributed by atoms with E-state index in [-0.39, 0.29) is 5.69 Å². The van der Waals surface area contributed by atoms with Crippen LogP contribution in [0.4, 0.5) is 5.69 Å². The van der Waals surface area contributed by atoms with E-state index in [9.17, 15) is 15.2 Å². The minimum atomic E-state index is -0.735. The van der Waals surface area contributed by atoms with E-state index in [1.165, 1.54) is 29.2 Å². The van der Waals surface area contributed by atoms with E-state index in [1.54, 1.807) is 19.1 Å². The highest BCUT2D eigenvalue weighted by Crippen LogP contribution is 2.37. The largest absolute Gasteiger partial charge is 0.389 e. The Balaban J connectivity index is 2.36. The number of benzene rings is 1. The highest BCUT2D eigenvalue weighted by molar-refractivity contribution is 8.01. The molecule has 0 fully saturated rings. The Labute approximate surface area is 117 Å². The van der Waals surface area contributed by atoms with E-state index < -0.39 is 11.0 Å². The van der Waals surface area contributed by atoms with Gasteiger partial charge in [-0.3, -0.25) is 10.1 Å². The first kappa shape index (κ1) is 13.9. The summed E-state index contributed by atoms with van der Waals surface area (Å²) in [6.45, 7) is 3.40. The van der Waals surface area contributed by atoms with Gasteiger partial charge in [-0.05, 0) is 25.5 Å². The van der Waals surface area contributed by atoms with Crippen LogP contribution in [0.25, 0.3) is 0 Å². The SMILES string of the molecule is Cc1nnc(Sc2ccc(C(C)O)cc2[N+](=O)[O-])s1. The number of aryl methyl sites for hydroxylation is 1. The maximum Gasteiger partial charge on any atom is 0.283 e. The highest BCUT2D eigenvalue weighted by atomic mass is 32.2. The van der Waals surface area contributed by atoms with Gasteiger partial charge in [-0.1, -0.05) is 29.2 Å². The minimum Gasteiger partial charge on any atom is -0.389 e. The number of nitro benzene ring substituents is 1. The van der Waals surface area contributed by atoms with Crippen LogP contribution < -0.4 is 0 Å². The topological polar surface area (TPSA) is 89.2 Å². The predicted octanol–water partition coefficient (Wildman–Crippen LogP) is 2.96. The Morgan fingerprint density at radius 1 is 1.47 bits per heavy atom. The highest BCUT2D eigenvalue weighted by Gasteiger charge is 2.18. The minimum absolute atomic E-state index is 0.0312. The van der Waals surface area contributed by atoms with Crippen LogP contribution in [-0.4, -0.2) is 20.2 Å². The summed E-state index contributed by atoms with van der Waals surface area (Å²) in [5.74, 6) is 0. The molecular formula is C11H11N3O3S2. The van der Waals surface area contributed by atoms with E-state index in [4.69, 9.17) is 0 Å². The van der Waals surface area contributed by atoms with Gasteiger partial charge < -0.3 is 5.11 Å². The van der Waals surface area contributed by atoms with Gasteiger partial charge in [-0.25, -0.2) is 0 Å². The molecule has 1 aromatic heterocycles. The molecule has 1 atom stereocenters. The summed E-state index contributed by atoms with van der Waals surface area (Å²) < 4.78 is 0.658. The van der Waals surface area contributed by atoms with Gasteiger partial charge in [0.25, 0.3) is 5.69 Å². The van der Waals surface area contributed by atoms with Gasteiger partial charge in [0.05, 0.1) is 15.9 Å². The van der Waals surface area contributed by atoms with Crippen molar-refractivity contribution in [2.75, 3.05) is 0 Å². The van der Waals surface area contributed by atoms with Crippen LogP contribution in [0.2, 0.25) is 0 Å². The van der Waals surface area contributed by atoms with Crippen LogP contribution >= 0.6 is 23.1 Å². The van der Waals surface area contributed by atoms with Gasteiger partial charge in [0.2, 0.25) is 0 Å². The molecule has 0 saturated carbocycles. The van der Waals surface area contributed by atoms with Crippen LogP contribution in [0, 0.1) is 17.0 Å². The Morgan fingerprint density at radius 2 is 2.21 bits per heavy atom. The van der Waals surface area contributed by atoms with E-state index in [1.807, 2.05) is 6.92 Å². The lowest BCUT2D eigenvalue weighted by Crippen LogP contribution is -1.96. The van der Waals surface area contributed by atoms with Crippen molar-refractivity contribution < 1.29 is 10.0 Å². The first-order valence-electron chi connectivity index (χ1n) is 5.41. The maximum absolute atomic E-state index is 11.1. The molecule has 6 nitrogen and oxygen atoms in total. The third-order valence-electron chi connectivity index (χ3n) is 2.37. The van der Waals surface area contributed by atoms with Gasteiger partial charge in [-0.15, -0.1) is 10.2 Å². The molecule has 0 radical (unpaired) electrons. The number of aliphatic hydroxyl groups excluding tert-OH is 1. The van der Waals surface area contributed by atoms with Crippen molar-refractivity contribution in [2.45, 2.75) is 29.2 Å². The Hall–Kier alpha value is -1.51. The van der Waals surface area contributed by atoms with Crippen molar-refractivity contribution in [1.29, 1.82) is 0 Å². The fourth-order valence-corrected chi connectivity index (χ4v) is 3.29.